The SMILES string of the molecule is Cc1cccc(CCC(N)C2CCCc3cccnc32)c1. The molecule has 0 radical (unpaired) electrons. The van der Waals surface area contributed by atoms with E-state index >= 15 is 0 Å². The van der Waals surface area contributed by atoms with Crippen LogP contribution in [0.2, 0.25) is 0 Å². The summed E-state index contributed by atoms with van der Waals surface area (Å²) in [5.41, 5.74) is 11.9. The van der Waals surface area contributed by atoms with Crippen LogP contribution < -0.4 is 5.73 Å². The van der Waals surface area contributed by atoms with Gasteiger partial charge in [0.15, 0.2) is 0 Å². The maximum Gasteiger partial charge on any atom is 0.0481 e. The summed E-state index contributed by atoms with van der Waals surface area (Å²) in [6.45, 7) is 2.14. The van der Waals surface area contributed by atoms with E-state index in [4.69, 9.17) is 5.73 Å². The molecule has 1 aliphatic carbocycles. The van der Waals surface area contributed by atoms with E-state index in [9.17, 15) is 0 Å². The van der Waals surface area contributed by atoms with Crippen molar-refractivity contribution in [3.05, 3.63) is 65.0 Å². The molecule has 21 heavy (non-hydrogen) atoms. The van der Waals surface area contributed by atoms with Crippen molar-refractivity contribution in [3.63, 3.8) is 0 Å². The van der Waals surface area contributed by atoms with Crippen LogP contribution in [0.3, 0.4) is 0 Å². The Bertz CT molecular complexity index is 606. The molecule has 0 spiro atoms. The molecule has 2 aromatic rings. The number of fused-ring (bicyclic) bond motifs is 1. The average molecular weight is 280 g/mol. The minimum Gasteiger partial charge on any atom is -0.327 e. The van der Waals surface area contributed by atoms with Gasteiger partial charge in [0.05, 0.1) is 0 Å². The molecule has 1 aromatic heterocycles. The topological polar surface area (TPSA) is 38.9 Å². The molecule has 0 aliphatic heterocycles. The fraction of sp³-hybridized carbons (Fsp3) is 0.421. The first-order chi connectivity index (χ1) is 10.2. The zero-order chi connectivity index (χ0) is 14.7. The third-order valence-corrected chi connectivity index (χ3v) is 4.60. The number of nitrogens with two attached hydrogens (primary N) is 1. The third-order valence-electron chi connectivity index (χ3n) is 4.60. The number of rotatable bonds is 4. The van der Waals surface area contributed by atoms with Crippen molar-refractivity contribution >= 4 is 0 Å². The van der Waals surface area contributed by atoms with Crippen LogP contribution in [0.4, 0.5) is 0 Å². The van der Waals surface area contributed by atoms with Gasteiger partial charge in [0.1, 0.15) is 0 Å². The summed E-state index contributed by atoms with van der Waals surface area (Å²) in [5, 5.41) is 0. The highest BCUT2D eigenvalue weighted by atomic mass is 14.7. The van der Waals surface area contributed by atoms with Gasteiger partial charge in [0, 0.05) is 23.9 Å². The number of aryl methyl sites for hydroxylation is 3. The first-order valence-corrected chi connectivity index (χ1v) is 7.99. The second-order valence-electron chi connectivity index (χ2n) is 6.24. The Labute approximate surface area is 127 Å². The van der Waals surface area contributed by atoms with Gasteiger partial charge in [-0.1, -0.05) is 35.9 Å². The number of benzene rings is 1. The Kier molecular flexibility index (Phi) is 4.35. The predicted molar refractivity (Wildman–Crippen MR) is 87.4 cm³/mol. The summed E-state index contributed by atoms with van der Waals surface area (Å²) in [6, 6.07) is 13.2. The molecule has 3 rings (SSSR count). The van der Waals surface area contributed by atoms with Gasteiger partial charge in [-0.2, -0.15) is 0 Å². The zero-order valence-corrected chi connectivity index (χ0v) is 12.8. The van der Waals surface area contributed by atoms with E-state index in [1.54, 1.807) is 0 Å². The number of hydrogen-bond donors (Lipinski definition) is 1. The van der Waals surface area contributed by atoms with Gasteiger partial charge in [-0.05, 0) is 56.2 Å². The maximum absolute atomic E-state index is 6.51. The molecule has 0 bridgehead atoms. The van der Waals surface area contributed by atoms with E-state index in [1.165, 1.54) is 35.2 Å². The lowest BCUT2D eigenvalue weighted by molar-refractivity contribution is 0.432. The third kappa shape index (κ3) is 3.33. The highest BCUT2D eigenvalue weighted by Crippen LogP contribution is 2.32. The number of aromatic nitrogens is 1. The Morgan fingerprint density at radius 3 is 3.05 bits per heavy atom. The molecule has 0 fully saturated rings. The van der Waals surface area contributed by atoms with Crippen molar-refractivity contribution in [2.45, 2.75) is 51.0 Å². The Morgan fingerprint density at radius 2 is 2.19 bits per heavy atom. The van der Waals surface area contributed by atoms with E-state index in [-0.39, 0.29) is 6.04 Å². The Balaban J connectivity index is 1.67. The van der Waals surface area contributed by atoms with Crippen molar-refractivity contribution in [2.75, 3.05) is 0 Å². The normalized spacial score (nSPS) is 19.0. The van der Waals surface area contributed by atoms with E-state index in [0.717, 1.165) is 19.3 Å². The molecule has 0 saturated heterocycles. The molecule has 0 saturated carbocycles. The monoisotopic (exact) mass is 280 g/mol. The van der Waals surface area contributed by atoms with Gasteiger partial charge in [0.25, 0.3) is 0 Å². The molecular formula is C19H24N2. The van der Waals surface area contributed by atoms with Crippen LogP contribution in [0, 0.1) is 6.92 Å². The maximum atomic E-state index is 6.51. The average Bonchev–Trinajstić information content (AvgIpc) is 2.52. The minimum absolute atomic E-state index is 0.208. The fourth-order valence-corrected chi connectivity index (χ4v) is 3.46. The summed E-state index contributed by atoms with van der Waals surface area (Å²) in [7, 11) is 0. The lowest BCUT2D eigenvalue weighted by Crippen LogP contribution is -2.32. The quantitative estimate of drug-likeness (QED) is 0.926. The molecule has 2 atom stereocenters. The van der Waals surface area contributed by atoms with Crippen LogP contribution in [0.25, 0.3) is 0 Å². The van der Waals surface area contributed by atoms with E-state index in [0.29, 0.717) is 5.92 Å². The fourth-order valence-electron chi connectivity index (χ4n) is 3.46. The molecular weight excluding hydrogens is 256 g/mol. The summed E-state index contributed by atoms with van der Waals surface area (Å²) in [5.74, 6) is 0.430. The summed E-state index contributed by atoms with van der Waals surface area (Å²) >= 11 is 0. The minimum atomic E-state index is 0.208. The van der Waals surface area contributed by atoms with Gasteiger partial charge >= 0.3 is 0 Å². The largest absolute Gasteiger partial charge is 0.327 e. The predicted octanol–water partition coefficient (Wildman–Crippen LogP) is 3.77. The van der Waals surface area contributed by atoms with E-state index in [2.05, 4.69) is 42.2 Å². The Hall–Kier alpha value is -1.67. The smallest absolute Gasteiger partial charge is 0.0481 e. The van der Waals surface area contributed by atoms with Crippen LogP contribution in [0.5, 0.6) is 0 Å². The second kappa shape index (κ2) is 6.40. The number of pyridine rings is 1. The summed E-state index contributed by atoms with van der Waals surface area (Å²) in [4.78, 5) is 4.61. The van der Waals surface area contributed by atoms with Crippen LogP contribution in [0.15, 0.2) is 42.6 Å². The van der Waals surface area contributed by atoms with Crippen molar-refractivity contribution in [2.24, 2.45) is 5.73 Å². The van der Waals surface area contributed by atoms with Gasteiger partial charge in [-0.3, -0.25) is 4.98 Å². The molecule has 1 aromatic carbocycles. The molecule has 2 heteroatoms. The van der Waals surface area contributed by atoms with E-state index < -0.39 is 0 Å². The van der Waals surface area contributed by atoms with Crippen LogP contribution >= 0.6 is 0 Å². The van der Waals surface area contributed by atoms with Crippen molar-refractivity contribution in [1.29, 1.82) is 0 Å². The number of nitrogens with zero attached hydrogens (tertiary/aromatic N) is 1. The van der Waals surface area contributed by atoms with Crippen LogP contribution in [0.1, 0.15) is 47.6 Å². The number of hydrogen-bond acceptors (Lipinski definition) is 2. The van der Waals surface area contributed by atoms with Gasteiger partial charge in [0.2, 0.25) is 0 Å². The summed E-state index contributed by atoms with van der Waals surface area (Å²) < 4.78 is 0. The molecule has 110 valence electrons. The van der Waals surface area contributed by atoms with Crippen molar-refractivity contribution < 1.29 is 0 Å². The molecule has 2 N–H and O–H groups in total. The highest BCUT2D eigenvalue weighted by Gasteiger charge is 2.26. The first-order valence-electron chi connectivity index (χ1n) is 7.99. The van der Waals surface area contributed by atoms with Crippen LogP contribution in [-0.2, 0) is 12.8 Å². The second-order valence-corrected chi connectivity index (χ2v) is 6.24. The Morgan fingerprint density at radius 1 is 1.29 bits per heavy atom. The van der Waals surface area contributed by atoms with Gasteiger partial charge < -0.3 is 5.73 Å². The zero-order valence-electron chi connectivity index (χ0n) is 12.8. The molecule has 1 heterocycles. The lowest BCUT2D eigenvalue weighted by atomic mass is 9.80. The highest BCUT2D eigenvalue weighted by molar-refractivity contribution is 5.27. The lowest BCUT2D eigenvalue weighted by Gasteiger charge is -2.29. The first kappa shape index (κ1) is 14.3. The van der Waals surface area contributed by atoms with Crippen molar-refractivity contribution in [1.82, 2.24) is 4.98 Å². The van der Waals surface area contributed by atoms with Crippen LogP contribution in [-0.4, -0.2) is 11.0 Å². The summed E-state index contributed by atoms with van der Waals surface area (Å²) in [6.07, 6.45) is 7.57. The molecule has 0 amide bonds. The molecule has 2 nitrogen and oxygen atoms in total. The molecule has 1 aliphatic rings. The standard InChI is InChI=1S/C19H24N2/c1-14-5-2-6-15(13-14)10-11-18(20)17-9-3-7-16-8-4-12-21-19(16)17/h2,4-6,8,12-13,17-18H,3,7,9-11,20H2,1H3. The molecule has 2 unspecified atom stereocenters. The van der Waals surface area contributed by atoms with Crippen molar-refractivity contribution in [3.8, 4) is 0 Å². The van der Waals surface area contributed by atoms with E-state index in [1.807, 2.05) is 12.3 Å². The van der Waals surface area contributed by atoms with Gasteiger partial charge in [-0.25, -0.2) is 0 Å². The van der Waals surface area contributed by atoms with Gasteiger partial charge in [-0.15, -0.1) is 0 Å².